The van der Waals surface area contributed by atoms with Gasteiger partial charge in [0.2, 0.25) is 0 Å². The molecular formula is C25H49N2+. The number of unbranched alkanes of at least 4 members (excludes halogenated alkanes) is 13. The Bertz CT molecular complexity index is 436. The standard InChI is InChI=1S/C25H49N2/c1-4-7-9-11-13-14-15-17-19-22-27-24-23-26(25(27)20-6-3)21-18-16-12-10-8-5-2/h23-24H,4-22H2,1-3H3/q+1. The minimum absolute atomic E-state index is 1.21. The summed E-state index contributed by atoms with van der Waals surface area (Å²) >= 11 is 0. The van der Waals surface area contributed by atoms with Crippen LogP contribution >= 0.6 is 0 Å². The van der Waals surface area contributed by atoms with Crippen LogP contribution in [0.4, 0.5) is 0 Å². The van der Waals surface area contributed by atoms with Crippen molar-refractivity contribution in [2.45, 2.75) is 143 Å². The third kappa shape index (κ3) is 11.6. The van der Waals surface area contributed by atoms with Crippen LogP contribution in [0.25, 0.3) is 0 Å². The molecule has 0 unspecified atom stereocenters. The van der Waals surface area contributed by atoms with E-state index in [1.54, 1.807) is 5.82 Å². The van der Waals surface area contributed by atoms with E-state index in [0.29, 0.717) is 0 Å². The quantitative estimate of drug-likeness (QED) is 0.173. The first kappa shape index (κ1) is 24.2. The summed E-state index contributed by atoms with van der Waals surface area (Å²) in [5.74, 6) is 1.56. The second-order valence-electron chi connectivity index (χ2n) is 8.45. The highest BCUT2D eigenvalue weighted by Crippen LogP contribution is 2.11. The zero-order valence-electron chi connectivity index (χ0n) is 19.0. The van der Waals surface area contributed by atoms with Crippen molar-refractivity contribution in [1.82, 2.24) is 4.57 Å². The molecule has 1 aromatic rings. The maximum absolute atomic E-state index is 2.54. The van der Waals surface area contributed by atoms with E-state index in [1.165, 1.54) is 122 Å². The summed E-state index contributed by atoms with van der Waals surface area (Å²) in [4.78, 5) is 0. The molecule has 0 bridgehead atoms. The first-order valence-electron chi connectivity index (χ1n) is 12.4. The highest BCUT2D eigenvalue weighted by Gasteiger charge is 2.15. The maximum Gasteiger partial charge on any atom is 0.256 e. The van der Waals surface area contributed by atoms with Crippen molar-refractivity contribution in [3.05, 3.63) is 18.2 Å². The average molecular weight is 378 g/mol. The van der Waals surface area contributed by atoms with Crippen molar-refractivity contribution in [3.63, 3.8) is 0 Å². The third-order valence-corrected chi connectivity index (χ3v) is 5.82. The van der Waals surface area contributed by atoms with Gasteiger partial charge >= 0.3 is 0 Å². The molecule has 0 atom stereocenters. The van der Waals surface area contributed by atoms with Crippen LogP contribution in [0.1, 0.15) is 129 Å². The van der Waals surface area contributed by atoms with Crippen molar-refractivity contribution >= 4 is 0 Å². The number of rotatable bonds is 19. The van der Waals surface area contributed by atoms with E-state index in [0.717, 1.165) is 0 Å². The Hall–Kier alpha value is -0.790. The van der Waals surface area contributed by atoms with Gasteiger partial charge in [-0.2, -0.15) is 0 Å². The lowest BCUT2D eigenvalue weighted by atomic mass is 10.1. The number of aryl methyl sites for hydroxylation is 2. The van der Waals surface area contributed by atoms with E-state index in [-0.39, 0.29) is 0 Å². The molecule has 158 valence electrons. The zero-order valence-corrected chi connectivity index (χ0v) is 19.0. The molecule has 0 amide bonds. The van der Waals surface area contributed by atoms with Crippen LogP contribution in [0.2, 0.25) is 0 Å². The zero-order chi connectivity index (χ0) is 19.6. The van der Waals surface area contributed by atoms with Gasteiger partial charge < -0.3 is 0 Å². The molecule has 0 aliphatic rings. The molecule has 0 spiro atoms. The third-order valence-electron chi connectivity index (χ3n) is 5.82. The molecule has 0 saturated carbocycles. The van der Waals surface area contributed by atoms with Crippen molar-refractivity contribution in [2.24, 2.45) is 0 Å². The molecule has 0 aromatic carbocycles. The average Bonchev–Trinajstić information content (AvgIpc) is 3.05. The first-order chi connectivity index (χ1) is 13.3. The second kappa shape index (κ2) is 17.3. The van der Waals surface area contributed by atoms with Gasteiger partial charge in [-0.05, 0) is 32.1 Å². The fourth-order valence-electron chi connectivity index (χ4n) is 4.07. The van der Waals surface area contributed by atoms with Gasteiger partial charge in [-0.15, -0.1) is 0 Å². The molecular weight excluding hydrogens is 328 g/mol. The lowest BCUT2D eigenvalue weighted by Crippen LogP contribution is -2.37. The summed E-state index contributed by atoms with van der Waals surface area (Å²) in [7, 11) is 0. The van der Waals surface area contributed by atoms with E-state index in [1.807, 2.05) is 0 Å². The topological polar surface area (TPSA) is 8.81 Å². The number of hydrogen-bond acceptors (Lipinski definition) is 0. The van der Waals surface area contributed by atoms with Crippen LogP contribution in [0.3, 0.4) is 0 Å². The van der Waals surface area contributed by atoms with Crippen molar-refractivity contribution in [2.75, 3.05) is 0 Å². The molecule has 1 aromatic heterocycles. The summed E-state index contributed by atoms with van der Waals surface area (Å²) in [6, 6.07) is 0. The molecule has 0 saturated heterocycles. The number of aromatic nitrogens is 2. The highest BCUT2D eigenvalue weighted by atomic mass is 15.1. The highest BCUT2D eigenvalue weighted by molar-refractivity contribution is 4.84. The van der Waals surface area contributed by atoms with Crippen molar-refractivity contribution in [1.29, 1.82) is 0 Å². The lowest BCUT2D eigenvalue weighted by Gasteiger charge is -2.05. The van der Waals surface area contributed by atoms with Gasteiger partial charge in [-0.1, -0.05) is 91.4 Å². The molecule has 0 N–H and O–H groups in total. The van der Waals surface area contributed by atoms with Gasteiger partial charge in [-0.25, -0.2) is 9.13 Å². The Kier molecular flexibility index (Phi) is 15.6. The lowest BCUT2D eigenvalue weighted by molar-refractivity contribution is -0.704. The van der Waals surface area contributed by atoms with Crippen LogP contribution in [-0.4, -0.2) is 4.57 Å². The van der Waals surface area contributed by atoms with Crippen LogP contribution in [0.5, 0.6) is 0 Å². The van der Waals surface area contributed by atoms with Crippen molar-refractivity contribution in [3.8, 4) is 0 Å². The van der Waals surface area contributed by atoms with E-state index in [9.17, 15) is 0 Å². The Morgan fingerprint density at radius 1 is 0.630 bits per heavy atom. The molecule has 2 nitrogen and oxygen atoms in total. The largest absolute Gasteiger partial charge is 0.256 e. The molecule has 0 radical (unpaired) electrons. The molecule has 2 heteroatoms. The Labute approximate surface area is 170 Å². The second-order valence-corrected chi connectivity index (χ2v) is 8.45. The predicted octanol–water partition coefficient (Wildman–Crippen LogP) is 7.62. The van der Waals surface area contributed by atoms with E-state index < -0.39 is 0 Å². The minimum atomic E-state index is 1.21. The molecule has 1 rings (SSSR count). The number of hydrogen-bond donors (Lipinski definition) is 0. The van der Waals surface area contributed by atoms with Crippen LogP contribution in [-0.2, 0) is 19.5 Å². The summed E-state index contributed by atoms with van der Waals surface area (Å²) in [6.07, 6.45) is 28.2. The van der Waals surface area contributed by atoms with Gasteiger partial charge in [-0.3, -0.25) is 0 Å². The summed E-state index contributed by atoms with van der Waals surface area (Å²) in [5.41, 5.74) is 0. The van der Waals surface area contributed by atoms with Crippen molar-refractivity contribution < 1.29 is 4.57 Å². The minimum Gasteiger partial charge on any atom is -0.234 e. The molecule has 0 aliphatic heterocycles. The molecule has 1 heterocycles. The monoisotopic (exact) mass is 377 g/mol. The smallest absolute Gasteiger partial charge is 0.234 e. The van der Waals surface area contributed by atoms with Crippen LogP contribution in [0.15, 0.2) is 12.4 Å². The van der Waals surface area contributed by atoms with E-state index in [2.05, 4.69) is 42.3 Å². The Morgan fingerprint density at radius 3 is 1.70 bits per heavy atom. The maximum atomic E-state index is 2.54. The molecule has 0 aliphatic carbocycles. The number of nitrogens with zero attached hydrogens (tertiary/aromatic N) is 2. The first-order valence-corrected chi connectivity index (χ1v) is 12.4. The summed E-state index contributed by atoms with van der Waals surface area (Å²) < 4.78 is 5.08. The van der Waals surface area contributed by atoms with E-state index in [4.69, 9.17) is 0 Å². The molecule has 0 fully saturated rings. The Morgan fingerprint density at radius 2 is 1.15 bits per heavy atom. The van der Waals surface area contributed by atoms with Gasteiger partial charge in [0.05, 0.1) is 13.1 Å². The molecule has 27 heavy (non-hydrogen) atoms. The van der Waals surface area contributed by atoms with E-state index >= 15 is 0 Å². The fraction of sp³-hybridized carbons (Fsp3) is 0.880. The van der Waals surface area contributed by atoms with Gasteiger partial charge in [0.1, 0.15) is 12.4 Å². The number of imidazole rings is 1. The summed E-state index contributed by atoms with van der Waals surface area (Å²) in [5, 5.41) is 0. The predicted molar refractivity (Wildman–Crippen MR) is 119 cm³/mol. The van der Waals surface area contributed by atoms with Gasteiger partial charge in [0, 0.05) is 6.42 Å². The van der Waals surface area contributed by atoms with Gasteiger partial charge in [0.25, 0.3) is 5.82 Å². The summed E-state index contributed by atoms with van der Waals surface area (Å²) in [6.45, 7) is 9.33. The normalized spacial score (nSPS) is 11.4. The van der Waals surface area contributed by atoms with Gasteiger partial charge in [0.15, 0.2) is 0 Å². The Balaban J connectivity index is 2.22. The van der Waals surface area contributed by atoms with Crippen LogP contribution in [0, 0.1) is 0 Å². The SMILES string of the molecule is CCCCCCCCCCC[n+]1ccn(CCCCCCCC)c1CCC. The fourth-order valence-corrected chi connectivity index (χ4v) is 4.07. The van der Waals surface area contributed by atoms with Crippen LogP contribution < -0.4 is 4.57 Å².